The zero-order valence-corrected chi connectivity index (χ0v) is 18.1. The van der Waals surface area contributed by atoms with Gasteiger partial charge in [0.25, 0.3) is 5.95 Å². The molecule has 1 N–H and O–H groups in total. The summed E-state index contributed by atoms with van der Waals surface area (Å²) in [4.78, 5) is 25.1. The molecule has 0 bridgehead atoms. The van der Waals surface area contributed by atoms with Gasteiger partial charge in [-0.15, -0.1) is 0 Å². The highest BCUT2D eigenvalue weighted by atomic mass is 19.4. The maximum absolute atomic E-state index is 12.5. The standard InChI is InChI=1S/C21H23F3N6O2/c1-12-7-13(2)28-20(27-12)30-15(4)17(14(3)29-30)9-18(31)26-10-16-5-6-25-19(8-16)32-11-21(22,23)24/h5-8H,9-11H2,1-4H3,(H,26,31). The van der Waals surface area contributed by atoms with Gasteiger partial charge in [0, 0.05) is 41.5 Å². The van der Waals surface area contributed by atoms with Crippen LogP contribution < -0.4 is 10.1 Å². The van der Waals surface area contributed by atoms with Gasteiger partial charge < -0.3 is 10.1 Å². The fraction of sp³-hybridized carbons (Fsp3) is 0.381. The number of amides is 1. The van der Waals surface area contributed by atoms with Crippen molar-refractivity contribution in [3.63, 3.8) is 0 Å². The van der Waals surface area contributed by atoms with Crippen molar-refractivity contribution in [1.82, 2.24) is 30.0 Å². The highest BCUT2D eigenvalue weighted by molar-refractivity contribution is 5.79. The van der Waals surface area contributed by atoms with Crippen LogP contribution in [0, 0.1) is 27.7 Å². The first-order chi connectivity index (χ1) is 15.0. The summed E-state index contributed by atoms with van der Waals surface area (Å²) < 4.78 is 43.1. The molecule has 0 aliphatic carbocycles. The van der Waals surface area contributed by atoms with Crippen molar-refractivity contribution in [2.75, 3.05) is 6.61 Å². The van der Waals surface area contributed by atoms with Crippen LogP contribution in [0.5, 0.6) is 5.88 Å². The molecule has 0 aliphatic rings. The monoisotopic (exact) mass is 448 g/mol. The number of alkyl halides is 3. The van der Waals surface area contributed by atoms with Crippen LogP contribution in [0.1, 0.15) is 33.9 Å². The Balaban J connectivity index is 1.65. The van der Waals surface area contributed by atoms with Crippen molar-refractivity contribution >= 4 is 5.91 Å². The summed E-state index contributed by atoms with van der Waals surface area (Å²) in [6.45, 7) is 6.09. The summed E-state index contributed by atoms with van der Waals surface area (Å²) in [5.74, 6) is 0.0279. The maximum atomic E-state index is 12.5. The fourth-order valence-corrected chi connectivity index (χ4v) is 3.15. The molecule has 0 unspecified atom stereocenters. The third-order valence-corrected chi connectivity index (χ3v) is 4.61. The van der Waals surface area contributed by atoms with Gasteiger partial charge in [0.15, 0.2) is 6.61 Å². The minimum Gasteiger partial charge on any atom is -0.468 e. The van der Waals surface area contributed by atoms with E-state index in [1.54, 1.807) is 10.7 Å². The molecule has 0 atom stereocenters. The Kier molecular flexibility index (Phi) is 6.75. The topological polar surface area (TPSA) is 94.8 Å². The van der Waals surface area contributed by atoms with E-state index in [2.05, 4.69) is 30.1 Å². The zero-order valence-electron chi connectivity index (χ0n) is 18.1. The third kappa shape index (κ3) is 6.02. The second kappa shape index (κ2) is 9.33. The zero-order chi connectivity index (χ0) is 23.5. The van der Waals surface area contributed by atoms with Gasteiger partial charge in [0.05, 0.1) is 12.1 Å². The highest BCUT2D eigenvalue weighted by Crippen LogP contribution is 2.19. The number of carbonyl (C=O) groups excluding carboxylic acids is 1. The second-order valence-corrected chi connectivity index (χ2v) is 7.37. The summed E-state index contributed by atoms with van der Waals surface area (Å²) in [7, 11) is 0. The first kappa shape index (κ1) is 23.2. The van der Waals surface area contributed by atoms with Crippen LogP contribution in [-0.2, 0) is 17.8 Å². The molecule has 0 radical (unpaired) electrons. The predicted molar refractivity (Wildman–Crippen MR) is 109 cm³/mol. The van der Waals surface area contributed by atoms with Gasteiger partial charge in [-0.1, -0.05) is 0 Å². The molecule has 1 amide bonds. The van der Waals surface area contributed by atoms with Gasteiger partial charge in [-0.25, -0.2) is 19.6 Å². The number of hydrogen-bond donors (Lipinski definition) is 1. The number of carbonyl (C=O) groups is 1. The summed E-state index contributed by atoms with van der Waals surface area (Å²) in [6.07, 6.45) is -3.03. The fourth-order valence-electron chi connectivity index (χ4n) is 3.15. The summed E-state index contributed by atoms with van der Waals surface area (Å²) in [5.41, 5.74) is 4.40. The van der Waals surface area contributed by atoms with Crippen LogP contribution in [0.25, 0.3) is 5.95 Å². The number of rotatable bonds is 7. The lowest BCUT2D eigenvalue weighted by atomic mass is 10.1. The Bertz CT molecular complexity index is 1110. The minimum atomic E-state index is -4.45. The molecule has 11 heteroatoms. The van der Waals surface area contributed by atoms with Gasteiger partial charge in [-0.3, -0.25) is 4.79 Å². The minimum absolute atomic E-state index is 0.0883. The van der Waals surface area contributed by atoms with E-state index in [1.807, 2.05) is 33.8 Å². The largest absolute Gasteiger partial charge is 0.468 e. The molecular weight excluding hydrogens is 425 g/mol. The molecule has 3 aromatic heterocycles. The van der Waals surface area contributed by atoms with Gasteiger partial charge in [0.1, 0.15) is 0 Å². The number of halogens is 3. The van der Waals surface area contributed by atoms with E-state index in [0.29, 0.717) is 17.2 Å². The van der Waals surface area contributed by atoms with Crippen molar-refractivity contribution in [3.8, 4) is 11.8 Å². The molecule has 0 saturated carbocycles. The molecule has 0 spiro atoms. The van der Waals surface area contributed by atoms with Crippen molar-refractivity contribution in [3.05, 3.63) is 58.3 Å². The van der Waals surface area contributed by atoms with Crippen LogP contribution in [-0.4, -0.2) is 43.4 Å². The lowest BCUT2D eigenvalue weighted by Crippen LogP contribution is -2.25. The summed E-state index contributed by atoms with van der Waals surface area (Å²) in [6, 6.07) is 4.81. The highest BCUT2D eigenvalue weighted by Gasteiger charge is 2.28. The van der Waals surface area contributed by atoms with Crippen LogP contribution in [0.15, 0.2) is 24.4 Å². The third-order valence-electron chi connectivity index (χ3n) is 4.61. The number of aromatic nitrogens is 5. The summed E-state index contributed by atoms with van der Waals surface area (Å²) in [5, 5.41) is 7.24. The Labute approximate surface area is 182 Å². The predicted octanol–water partition coefficient (Wildman–Crippen LogP) is 3.09. The SMILES string of the molecule is Cc1cc(C)nc(-n2nc(C)c(CC(=O)NCc3ccnc(OCC(F)(F)F)c3)c2C)n1. The van der Waals surface area contributed by atoms with Crippen molar-refractivity contribution in [2.24, 2.45) is 0 Å². The van der Waals surface area contributed by atoms with Crippen LogP contribution >= 0.6 is 0 Å². The van der Waals surface area contributed by atoms with E-state index < -0.39 is 12.8 Å². The lowest BCUT2D eigenvalue weighted by molar-refractivity contribution is -0.154. The molecule has 8 nitrogen and oxygen atoms in total. The number of aryl methyl sites for hydroxylation is 3. The Morgan fingerprint density at radius 3 is 2.47 bits per heavy atom. The average Bonchev–Trinajstić information content (AvgIpc) is 2.98. The molecule has 3 aromatic rings. The molecule has 0 aromatic carbocycles. The molecule has 170 valence electrons. The second-order valence-electron chi connectivity index (χ2n) is 7.37. The van der Waals surface area contributed by atoms with Crippen molar-refractivity contribution in [2.45, 2.75) is 46.8 Å². The van der Waals surface area contributed by atoms with E-state index in [9.17, 15) is 18.0 Å². The molecule has 3 heterocycles. The molecule has 0 aliphatic heterocycles. The van der Waals surface area contributed by atoms with Crippen LogP contribution in [0.4, 0.5) is 13.2 Å². The Morgan fingerprint density at radius 2 is 1.81 bits per heavy atom. The molecular formula is C21H23F3N6O2. The number of hydrogen-bond acceptors (Lipinski definition) is 6. The first-order valence-electron chi connectivity index (χ1n) is 9.81. The van der Waals surface area contributed by atoms with Crippen molar-refractivity contribution < 1.29 is 22.7 Å². The van der Waals surface area contributed by atoms with Crippen LogP contribution in [0.2, 0.25) is 0 Å². The molecule has 3 rings (SSSR count). The number of pyridine rings is 1. The van der Waals surface area contributed by atoms with E-state index in [0.717, 1.165) is 22.6 Å². The van der Waals surface area contributed by atoms with Gasteiger partial charge in [-0.2, -0.15) is 18.3 Å². The van der Waals surface area contributed by atoms with Crippen molar-refractivity contribution in [1.29, 1.82) is 0 Å². The van der Waals surface area contributed by atoms with Gasteiger partial charge >= 0.3 is 6.18 Å². The lowest BCUT2D eigenvalue weighted by Gasteiger charge is -2.10. The van der Waals surface area contributed by atoms with Gasteiger partial charge in [-0.05, 0) is 45.4 Å². The maximum Gasteiger partial charge on any atom is 0.422 e. The Hall–Kier alpha value is -3.50. The number of nitrogens with one attached hydrogen (secondary N) is 1. The summed E-state index contributed by atoms with van der Waals surface area (Å²) >= 11 is 0. The average molecular weight is 448 g/mol. The number of nitrogens with zero attached hydrogens (tertiary/aromatic N) is 5. The van der Waals surface area contributed by atoms with Gasteiger partial charge in [0.2, 0.25) is 11.8 Å². The molecule has 0 fully saturated rings. The molecule has 0 saturated heterocycles. The van der Waals surface area contributed by atoms with E-state index in [4.69, 9.17) is 0 Å². The first-order valence-corrected chi connectivity index (χ1v) is 9.81. The van der Waals surface area contributed by atoms with E-state index in [1.165, 1.54) is 12.3 Å². The molecule has 32 heavy (non-hydrogen) atoms. The van der Waals surface area contributed by atoms with Crippen LogP contribution in [0.3, 0.4) is 0 Å². The Morgan fingerprint density at radius 1 is 1.12 bits per heavy atom. The van der Waals surface area contributed by atoms with E-state index in [-0.39, 0.29) is 24.8 Å². The number of ether oxygens (including phenoxy) is 1. The normalized spacial score (nSPS) is 11.5. The quantitative estimate of drug-likeness (QED) is 0.597. The van der Waals surface area contributed by atoms with E-state index >= 15 is 0 Å². The smallest absolute Gasteiger partial charge is 0.422 e.